The smallest absolute Gasteiger partial charge is 0.225 e. The van der Waals surface area contributed by atoms with Gasteiger partial charge in [-0.3, -0.25) is 9.79 Å². The number of hydrogen-bond acceptors (Lipinski definition) is 3. The Balaban J connectivity index is 1.49. The Morgan fingerprint density at radius 2 is 1.97 bits per heavy atom. The van der Waals surface area contributed by atoms with Crippen LogP contribution in [0.3, 0.4) is 0 Å². The highest BCUT2D eigenvalue weighted by molar-refractivity contribution is 5.81. The fraction of sp³-hybridized carbons (Fsp3) is 0.652. The van der Waals surface area contributed by atoms with Gasteiger partial charge in [-0.05, 0) is 50.8 Å². The molecule has 166 valence electrons. The third-order valence-electron chi connectivity index (χ3n) is 6.34. The van der Waals surface area contributed by atoms with Crippen molar-refractivity contribution in [2.75, 3.05) is 38.1 Å². The summed E-state index contributed by atoms with van der Waals surface area (Å²) in [4.78, 5) is 20.9. The summed E-state index contributed by atoms with van der Waals surface area (Å²) in [6, 6.07) is 5.59. The van der Waals surface area contributed by atoms with Crippen LogP contribution in [-0.4, -0.2) is 56.0 Å². The largest absolute Gasteiger partial charge is 0.370 e. The van der Waals surface area contributed by atoms with E-state index in [-0.39, 0.29) is 17.8 Å². The van der Waals surface area contributed by atoms with Crippen molar-refractivity contribution in [1.82, 2.24) is 15.5 Å². The molecule has 1 atom stereocenters. The minimum Gasteiger partial charge on any atom is -0.370 e. The fourth-order valence-corrected chi connectivity index (χ4v) is 4.56. The number of likely N-dealkylation sites (tertiary alicyclic amines) is 1. The normalized spacial score (nSPS) is 19.9. The van der Waals surface area contributed by atoms with E-state index in [1.165, 1.54) is 12.8 Å². The number of hydrogen-bond donors (Lipinski definition) is 2. The summed E-state index contributed by atoms with van der Waals surface area (Å²) in [7, 11) is 1.73. The number of benzene rings is 1. The van der Waals surface area contributed by atoms with Gasteiger partial charge < -0.3 is 20.4 Å². The van der Waals surface area contributed by atoms with Gasteiger partial charge in [-0.25, -0.2) is 4.39 Å². The zero-order valence-corrected chi connectivity index (χ0v) is 18.6. The molecule has 1 saturated heterocycles. The lowest BCUT2D eigenvalue weighted by molar-refractivity contribution is -0.134. The molecule has 1 aliphatic heterocycles. The summed E-state index contributed by atoms with van der Waals surface area (Å²) in [5.41, 5.74) is 1.51. The average Bonchev–Trinajstić information content (AvgIpc) is 3.45. The van der Waals surface area contributed by atoms with Gasteiger partial charge in [0.2, 0.25) is 5.91 Å². The molecule has 0 bridgehead atoms. The molecule has 0 aromatic heterocycles. The van der Waals surface area contributed by atoms with Crippen LogP contribution in [0.4, 0.5) is 10.1 Å². The standard InChI is InChI=1S/C23H36FN5O/c1-4-28(5-2)21-11-10-17(14-20(21)24)15-26-23(25-3)27-19-12-13-29(16-19)22(30)18-8-6-7-9-18/h10-11,14,18-19H,4-9,12-13,15-16H2,1-3H3,(H2,25,26,27). The van der Waals surface area contributed by atoms with Crippen LogP contribution in [0.15, 0.2) is 23.2 Å². The number of nitrogens with zero attached hydrogens (tertiary/aromatic N) is 3. The van der Waals surface area contributed by atoms with Gasteiger partial charge in [0.05, 0.1) is 5.69 Å². The van der Waals surface area contributed by atoms with Crippen molar-refractivity contribution in [3.05, 3.63) is 29.6 Å². The molecule has 0 spiro atoms. The summed E-state index contributed by atoms with van der Waals surface area (Å²) in [6.07, 6.45) is 5.37. The summed E-state index contributed by atoms with van der Waals surface area (Å²) >= 11 is 0. The Hall–Kier alpha value is -2.31. The maximum absolute atomic E-state index is 14.5. The van der Waals surface area contributed by atoms with Crippen LogP contribution < -0.4 is 15.5 Å². The van der Waals surface area contributed by atoms with E-state index in [9.17, 15) is 9.18 Å². The minimum atomic E-state index is -0.196. The van der Waals surface area contributed by atoms with Crippen molar-refractivity contribution < 1.29 is 9.18 Å². The van der Waals surface area contributed by atoms with Gasteiger partial charge in [-0.1, -0.05) is 18.9 Å². The van der Waals surface area contributed by atoms with Gasteiger partial charge in [0.25, 0.3) is 0 Å². The summed E-state index contributed by atoms with van der Waals surface area (Å²) < 4.78 is 14.5. The molecule has 2 aliphatic rings. The van der Waals surface area contributed by atoms with Gasteiger partial charge in [0, 0.05) is 51.7 Å². The van der Waals surface area contributed by atoms with Crippen molar-refractivity contribution in [3.8, 4) is 0 Å². The molecule has 1 amide bonds. The molecule has 30 heavy (non-hydrogen) atoms. The van der Waals surface area contributed by atoms with Gasteiger partial charge in [-0.2, -0.15) is 0 Å². The number of carbonyl (C=O) groups excluding carboxylic acids is 1. The molecule has 2 N–H and O–H groups in total. The lowest BCUT2D eigenvalue weighted by Gasteiger charge is -2.22. The topological polar surface area (TPSA) is 60.0 Å². The van der Waals surface area contributed by atoms with Gasteiger partial charge in [0.15, 0.2) is 5.96 Å². The van der Waals surface area contributed by atoms with Crippen LogP contribution >= 0.6 is 0 Å². The van der Waals surface area contributed by atoms with Crippen LogP contribution in [0, 0.1) is 11.7 Å². The minimum absolute atomic E-state index is 0.196. The molecule has 1 aliphatic carbocycles. The molecule has 1 unspecified atom stereocenters. The molecule has 1 aromatic carbocycles. The van der Waals surface area contributed by atoms with Gasteiger partial charge in [0.1, 0.15) is 5.82 Å². The molecule has 3 rings (SSSR count). The zero-order chi connectivity index (χ0) is 21.5. The van der Waals surface area contributed by atoms with Crippen LogP contribution in [0.25, 0.3) is 0 Å². The second kappa shape index (κ2) is 10.6. The maximum Gasteiger partial charge on any atom is 0.225 e. The molecular weight excluding hydrogens is 381 g/mol. The molecule has 6 nitrogen and oxygen atoms in total. The first-order chi connectivity index (χ1) is 14.5. The van der Waals surface area contributed by atoms with Crippen LogP contribution in [-0.2, 0) is 11.3 Å². The highest BCUT2D eigenvalue weighted by atomic mass is 19.1. The number of rotatable bonds is 7. The second-order valence-electron chi connectivity index (χ2n) is 8.28. The molecule has 7 heteroatoms. The average molecular weight is 418 g/mol. The van der Waals surface area contributed by atoms with Crippen LogP contribution in [0.2, 0.25) is 0 Å². The monoisotopic (exact) mass is 417 g/mol. The van der Waals surface area contributed by atoms with Crippen LogP contribution in [0.5, 0.6) is 0 Å². The van der Waals surface area contributed by atoms with Crippen molar-refractivity contribution in [2.24, 2.45) is 10.9 Å². The van der Waals surface area contributed by atoms with E-state index in [1.807, 2.05) is 35.8 Å². The predicted molar refractivity (Wildman–Crippen MR) is 120 cm³/mol. The Bertz CT molecular complexity index is 743. The lowest BCUT2D eigenvalue weighted by Crippen LogP contribution is -2.45. The lowest BCUT2D eigenvalue weighted by atomic mass is 10.1. The number of nitrogens with one attached hydrogen (secondary N) is 2. The fourth-order valence-electron chi connectivity index (χ4n) is 4.56. The Morgan fingerprint density at radius 1 is 1.23 bits per heavy atom. The molecule has 2 fully saturated rings. The number of halogens is 1. The molecule has 1 saturated carbocycles. The first-order valence-electron chi connectivity index (χ1n) is 11.3. The van der Waals surface area contributed by atoms with E-state index in [4.69, 9.17) is 0 Å². The number of aliphatic imine (C=N–C) groups is 1. The van der Waals surface area contributed by atoms with E-state index >= 15 is 0 Å². The predicted octanol–water partition coefficient (Wildman–Crippen LogP) is 3.13. The molecular formula is C23H36FN5O. The SMILES string of the molecule is CCN(CC)c1ccc(CNC(=NC)NC2CCN(C(=O)C3CCCC3)C2)cc1F. The zero-order valence-electron chi connectivity index (χ0n) is 18.6. The van der Waals surface area contributed by atoms with Crippen molar-refractivity contribution in [2.45, 2.75) is 58.5 Å². The van der Waals surface area contributed by atoms with E-state index in [0.717, 1.165) is 51.0 Å². The highest BCUT2D eigenvalue weighted by Crippen LogP contribution is 2.28. The summed E-state index contributed by atoms with van der Waals surface area (Å²) in [5.74, 6) is 1.04. The number of anilines is 1. The maximum atomic E-state index is 14.5. The van der Waals surface area contributed by atoms with Crippen molar-refractivity contribution in [1.29, 1.82) is 0 Å². The quantitative estimate of drug-likeness (QED) is 0.529. The Kier molecular flexibility index (Phi) is 7.94. The van der Waals surface area contributed by atoms with Crippen LogP contribution in [0.1, 0.15) is 51.5 Å². The Labute approximate surface area is 179 Å². The van der Waals surface area contributed by atoms with Gasteiger partial charge in [-0.15, -0.1) is 0 Å². The number of carbonyl (C=O) groups is 1. The number of amides is 1. The molecule has 1 aromatic rings. The third-order valence-corrected chi connectivity index (χ3v) is 6.34. The first-order valence-corrected chi connectivity index (χ1v) is 11.3. The van der Waals surface area contributed by atoms with Crippen molar-refractivity contribution in [3.63, 3.8) is 0 Å². The van der Waals surface area contributed by atoms with E-state index < -0.39 is 0 Å². The molecule has 0 radical (unpaired) electrons. The first kappa shape index (κ1) is 22.4. The Morgan fingerprint density at radius 3 is 2.60 bits per heavy atom. The third kappa shape index (κ3) is 5.43. The van der Waals surface area contributed by atoms with E-state index in [0.29, 0.717) is 24.1 Å². The van der Waals surface area contributed by atoms with Crippen molar-refractivity contribution >= 4 is 17.6 Å². The summed E-state index contributed by atoms with van der Waals surface area (Å²) in [5, 5.41) is 6.69. The molecule has 1 heterocycles. The summed E-state index contributed by atoms with van der Waals surface area (Å²) in [6.45, 7) is 7.64. The second-order valence-corrected chi connectivity index (χ2v) is 8.28. The number of guanidine groups is 1. The van der Waals surface area contributed by atoms with E-state index in [1.54, 1.807) is 13.1 Å². The highest BCUT2D eigenvalue weighted by Gasteiger charge is 2.32. The van der Waals surface area contributed by atoms with Gasteiger partial charge >= 0.3 is 0 Å². The van der Waals surface area contributed by atoms with E-state index in [2.05, 4.69) is 15.6 Å².